The molecule has 0 fully saturated rings. The first-order valence-electron chi connectivity index (χ1n) is 5.03. The summed E-state index contributed by atoms with van der Waals surface area (Å²) in [5.41, 5.74) is 0.798. The molecule has 0 N–H and O–H groups in total. The van der Waals surface area contributed by atoms with Gasteiger partial charge in [0.25, 0.3) is 0 Å². The number of carbonyl (C=O) groups is 1. The predicted octanol–water partition coefficient (Wildman–Crippen LogP) is 2.64. The molecule has 0 saturated heterocycles. The van der Waals surface area contributed by atoms with Crippen molar-refractivity contribution >= 4 is 17.7 Å². The van der Waals surface area contributed by atoms with Gasteiger partial charge in [-0.25, -0.2) is 0 Å². The molecule has 0 aromatic heterocycles. The maximum atomic E-state index is 11.7. The highest BCUT2D eigenvalue weighted by Crippen LogP contribution is 2.34. The zero-order chi connectivity index (χ0) is 10.6. The van der Waals surface area contributed by atoms with Crippen LogP contribution in [0.4, 0.5) is 0 Å². The molecule has 1 rings (SSSR count). The second-order valence-corrected chi connectivity index (χ2v) is 5.05. The van der Waals surface area contributed by atoms with Gasteiger partial charge in [0, 0.05) is 5.75 Å². The van der Waals surface area contributed by atoms with Gasteiger partial charge in [-0.2, -0.15) is 11.8 Å². The van der Waals surface area contributed by atoms with Crippen LogP contribution in [0.25, 0.3) is 0 Å². The first-order valence-corrected chi connectivity index (χ1v) is 6.19. The summed E-state index contributed by atoms with van der Waals surface area (Å²) in [5.74, 6) is 2.05. The van der Waals surface area contributed by atoms with E-state index in [-0.39, 0.29) is 5.97 Å². The lowest BCUT2D eigenvalue weighted by molar-refractivity contribution is -0.151. The molecule has 80 valence electrons. The highest BCUT2D eigenvalue weighted by molar-refractivity contribution is 7.99. The summed E-state index contributed by atoms with van der Waals surface area (Å²) in [6.07, 6.45) is 3.18. The molecular weight excluding hydrogens is 196 g/mol. The standard InChI is InChI=1S/C11H18O2S/c1-4-13-10(12)11(2,3)9-5-7-14-8-6-9/h5H,4,6-8H2,1-3H3. The summed E-state index contributed by atoms with van der Waals surface area (Å²) < 4.78 is 5.07. The topological polar surface area (TPSA) is 26.3 Å². The van der Waals surface area contributed by atoms with E-state index in [1.807, 2.05) is 32.5 Å². The molecule has 0 aromatic rings. The number of hydrogen-bond donors (Lipinski definition) is 0. The lowest BCUT2D eigenvalue weighted by Crippen LogP contribution is -2.30. The van der Waals surface area contributed by atoms with Crippen LogP contribution < -0.4 is 0 Å². The van der Waals surface area contributed by atoms with E-state index in [9.17, 15) is 4.79 Å². The van der Waals surface area contributed by atoms with Gasteiger partial charge >= 0.3 is 5.97 Å². The second kappa shape index (κ2) is 4.87. The number of carbonyl (C=O) groups excluding carboxylic acids is 1. The molecule has 0 spiro atoms. The number of thioether (sulfide) groups is 1. The second-order valence-electron chi connectivity index (χ2n) is 3.90. The van der Waals surface area contributed by atoms with Crippen molar-refractivity contribution in [2.75, 3.05) is 18.1 Å². The molecule has 0 aromatic carbocycles. The summed E-state index contributed by atoms with van der Waals surface area (Å²) in [4.78, 5) is 11.7. The van der Waals surface area contributed by atoms with Crippen molar-refractivity contribution in [1.29, 1.82) is 0 Å². The SMILES string of the molecule is CCOC(=O)C(C)(C)C1=CCSCC1. The smallest absolute Gasteiger partial charge is 0.315 e. The summed E-state index contributed by atoms with van der Waals surface area (Å²) in [7, 11) is 0. The fourth-order valence-electron chi connectivity index (χ4n) is 1.54. The van der Waals surface area contributed by atoms with Crippen molar-refractivity contribution in [2.24, 2.45) is 5.41 Å². The van der Waals surface area contributed by atoms with Gasteiger partial charge in [0.2, 0.25) is 0 Å². The van der Waals surface area contributed by atoms with E-state index in [0.29, 0.717) is 6.61 Å². The van der Waals surface area contributed by atoms with E-state index in [1.54, 1.807) is 0 Å². The third-order valence-corrected chi connectivity index (χ3v) is 3.45. The average Bonchev–Trinajstić information content (AvgIpc) is 2.19. The highest BCUT2D eigenvalue weighted by Gasteiger charge is 2.33. The molecule has 14 heavy (non-hydrogen) atoms. The summed E-state index contributed by atoms with van der Waals surface area (Å²) in [6, 6.07) is 0. The molecule has 1 heterocycles. The van der Waals surface area contributed by atoms with Crippen LogP contribution in [0.3, 0.4) is 0 Å². The molecule has 3 heteroatoms. The lowest BCUT2D eigenvalue weighted by atomic mass is 9.82. The maximum Gasteiger partial charge on any atom is 0.315 e. The van der Waals surface area contributed by atoms with Crippen molar-refractivity contribution in [1.82, 2.24) is 0 Å². The molecule has 0 atom stereocenters. The van der Waals surface area contributed by atoms with Crippen LogP contribution in [0, 0.1) is 5.41 Å². The molecule has 0 aliphatic carbocycles. The molecule has 1 aliphatic heterocycles. The van der Waals surface area contributed by atoms with Crippen LogP contribution in [0.2, 0.25) is 0 Å². The third-order valence-electron chi connectivity index (χ3n) is 2.55. The van der Waals surface area contributed by atoms with Crippen molar-refractivity contribution in [3.8, 4) is 0 Å². The minimum absolute atomic E-state index is 0.0989. The molecule has 0 bridgehead atoms. The summed E-state index contributed by atoms with van der Waals surface area (Å²) >= 11 is 1.91. The minimum atomic E-state index is -0.434. The number of rotatable bonds is 3. The van der Waals surface area contributed by atoms with Gasteiger partial charge in [-0.1, -0.05) is 11.6 Å². The van der Waals surface area contributed by atoms with E-state index in [2.05, 4.69) is 6.08 Å². The monoisotopic (exact) mass is 214 g/mol. The molecule has 0 unspecified atom stereocenters. The van der Waals surface area contributed by atoms with Crippen LogP contribution >= 0.6 is 11.8 Å². The Balaban J connectivity index is 2.72. The molecular formula is C11H18O2S. The highest BCUT2D eigenvalue weighted by atomic mass is 32.2. The number of hydrogen-bond acceptors (Lipinski definition) is 3. The third kappa shape index (κ3) is 2.53. The average molecular weight is 214 g/mol. The Hall–Kier alpha value is -0.440. The Kier molecular flexibility index (Phi) is 4.05. The predicted molar refractivity (Wildman–Crippen MR) is 60.4 cm³/mol. The van der Waals surface area contributed by atoms with Crippen LogP contribution in [0.5, 0.6) is 0 Å². The van der Waals surface area contributed by atoms with Gasteiger partial charge in [-0.3, -0.25) is 4.79 Å². The van der Waals surface area contributed by atoms with Crippen molar-refractivity contribution in [3.63, 3.8) is 0 Å². The molecule has 0 amide bonds. The lowest BCUT2D eigenvalue weighted by Gasteiger charge is -2.27. The van der Waals surface area contributed by atoms with Gasteiger partial charge in [0.05, 0.1) is 12.0 Å². The summed E-state index contributed by atoms with van der Waals surface area (Å²) in [6.45, 7) is 6.21. The first kappa shape index (κ1) is 11.6. The zero-order valence-corrected chi connectivity index (χ0v) is 9.95. The minimum Gasteiger partial charge on any atom is -0.465 e. The number of esters is 1. The van der Waals surface area contributed by atoms with Crippen molar-refractivity contribution in [2.45, 2.75) is 27.2 Å². The Morgan fingerprint density at radius 1 is 1.64 bits per heavy atom. The van der Waals surface area contributed by atoms with E-state index in [4.69, 9.17) is 4.74 Å². The quantitative estimate of drug-likeness (QED) is 0.533. The van der Waals surface area contributed by atoms with Gasteiger partial charge in [0.1, 0.15) is 0 Å². The van der Waals surface area contributed by atoms with E-state index in [0.717, 1.165) is 17.9 Å². The molecule has 2 nitrogen and oxygen atoms in total. The largest absolute Gasteiger partial charge is 0.465 e. The maximum absolute atomic E-state index is 11.7. The number of ether oxygens (including phenoxy) is 1. The van der Waals surface area contributed by atoms with Crippen LogP contribution in [0.1, 0.15) is 27.2 Å². The van der Waals surface area contributed by atoms with Gasteiger partial charge in [0.15, 0.2) is 0 Å². The van der Waals surface area contributed by atoms with Crippen LogP contribution in [0.15, 0.2) is 11.6 Å². The Morgan fingerprint density at radius 2 is 2.36 bits per heavy atom. The van der Waals surface area contributed by atoms with Gasteiger partial charge < -0.3 is 4.74 Å². The summed E-state index contributed by atoms with van der Waals surface area (Å²) in [5, 5.41) is 0. The van der Waals surface area contributed by atoms with Gasteiger partial charge in [-0.05, 0) is 32.9 Å². The van der Waals surface area contributed by atoms with Crippen molar-refractivity contribution in [3.05, 3.63) is 11.6 Å². The molecule has 1 aliphatic rings. The molecule has 0 saturated carbocycles. The Morgan fingerprint density at radius 3 is 2.86 bits per heavy atom. The van der Waals surface area contributed by atoms with Crippen LogP contribution in [-0.4, -0.2) is 24.1 Å². The van der Waals surface area contributed by atoms with Crippen LogP contribution in [-0.2, 0) is 9.53 Å². The Bertz CT molecular complexity index is 244. The van der Waals surface area contributed by atoms with Crippen molar-refractivity contribution < 1.29 is 9.53 Å². The fraction of sp³-hybridized carbons (Fsp3) is 0.727. The first-order chi connectivity index (χ1) is 6.59. The van der Waals surface area contributed by atoms with E-state index < -0.39 is 5.41 Å². The van der Waals surface area contributed by atoms with Gasteiger partial charge in [-0.15, -0.1) is 0 Å². The Labute approximate surface area is 90.1 Å². The molecule has 0 radical (unpaired) electrons. The normalized spacial score (nSPS) is 17.5. The fourth-order valence-corrected chi connectivity index (χ4v) is 2.39. The van der Waals surface area contributed by atoms with E-state index in [1.165, 1.54) is 5.57 Å². The van der Waals surface area contributed by atoms with E-state index >= 15 is 0 Å². The zero-order valence-electron chi connectivity index (χ0n) is 9.13.